The van der Waals surface area contributed by atoms with Gasteiger partial charge in [-0.25, -0.2) is 5.43 Å². The molecule has 0 spiro atoms. The van der Waals surface area contributed by atoms with Gasteiger partial charge in [-0.3, -0.25) is 29.8 Å². The molecule has 2 N–H and O–H groups in total. The number of nitrogens with one attached hydrogen (secondary N) is 2. The summed E-state index contributed by atoms with van der Waals surface area (Å²) in [5.41, 5.74) is 3.23. The monoisotopic (exact) mass is 523 g/mol. The van der Waals surface area contributed by atoms with Crippen LogP contribution in [0.2, 0.25) is 5.02 Å². The van der Waals surface area contributed by atoms with E-state index in [1.165, 1.54) is 66.9 Å². The lowest BCUT2D eigenvalue weighted by molar-refractivity contribution is -0.385. The molecular formula is C23H14ClN5O6S. The molecule has 4 aromatic rings. The first-order valence-corrected chi connectivity index (χ1v) is 11.3. The van der Waals surface area contributed by atoms with E-state index in [4.69, 9.17) is 11.6 Å². The van der Waals surface area contributed by atoms with Crippen LogP contribution < -0.4 is 10.7 Å². The largest absolute Gasteiger partial charge is 0.321 e. The molecule has 2 amide bonds. The summed E-state index contributed by atoms with van der Waals surface area (Å²) in [6, 6.07) is 15.9. The van der Waals surface area contributed by atoms with Crippen LogP contribution in [0.5, 0.6) is 0 Å². The van der Waals surface area contributed by atoms with Gasteiger partial charge in [0.1, 0.15) is 4.88 Å². The Kier molecular flexibility index (Phi) is 6.99. The molecule has 36 heavy (non-hydrogen) atoms. The Hall–Kier alpha value is -4.68. The van der Waals surface area contributed by atoms with E-state index >= 15 is 0 Å². The Bertz CT molecular complexity index is 1550. The van der Waals surface area contributed by atoms with Gasteiger partial charge in [-0.2, -0.15) is 5.10 Å². The van der Waals surface area contributed by atoms with E-state index in [0.29, 0.717) is 21.3 Å². The summed E-state index contributed by atoms with van der Waals surface area (Å²) in [5.74, 6) is -1.02. The maximum Gasteiger partial charge on any atom is 0.271 e. The normalized spacial score (nSPS) is 10.9. The molecule has 11 nitrogen and oxygen atoms in total. The third kappa shape index (κ3) is 5.35. The zero-order valence-corrected chi connectivity index (χ0v) is 19.6. The molecule has 180 valence electrons. The Morgan fingerprint density at radius 1 is 0.917 bits per heavy atom. The average molecular weight is 524 g/mol. The van der Waals surface area contributed by atoms with E-state index in [2.05, 4.69) is 15.8 Å². The molecule has 0 unspecified atom stereocenters. The Morgan fingerprint density at radius 2 is 1.61 bits per heavy atom. The molecule has 0 aliphatic heterocycles. The fourth-order valence-corrected chi connectivity index (χ4v) is 4.60. The minimum absolute atomic E-state index is 0.0961. The van der Waals surface area contributed by atoms with Gasteiger partial charge in [0.25, 0.3) is 23.2 Å². The summed E-state index contributed by atoms with van der Waals surface area (Å²) >= 11 is 7.35. The molecule has 0 fully saturated rings. The topological polar surface area (TPSA) is 157 Å². The van der Waals surface area contributed by atoms with E-state index in [0.717, 1.165) is 11.3 Å². The van der Waals surface area contributed by atoms with Crippen LogP contribution in [-0.2, 0) is 0 Å². The van der Waals surface area contributed by atoms with Crippen LogP contribution in [-0.4, -0.2) is 27.9 Å². The summed E-state index contributed by atoms with van der Waals surface area (Å²) in [7, 11) is 0. The molecule has 4 rings (SSSR count). The zero-order chi connectivity index (χ0) is 25.8. The lowest BCUT2D eigenvalue weighted by Crippen LogP contribution is -2.17. The molecular weight excluding hydrogens is 510 g/mol. The van der Waals surface area contributed by atoms with Gasteiger partial charge in [0, 0.05) is 51.2 Å². The van der Waals surface area contributed by atoms with Crippen molar-refractivity contribution in [2.24, 2.45) is 5.10 Å². The number of anilines is 1. The first-order chi connectivity index (χ1) is 17.2. The number of non-ortho nitro benzene ring substituents is 2. The predicted molar refractivity (Wildman–Crippen MR) is 136 cm³/mol. The number of carbonyl (C=O) groups excluding carboxylic acids is 2. The fraction of sp³-hybridized carbons (Fsp3) is 0. The van der Waals surface area contributed by atoms with Crippen molar-refractivity contribution in [1.29, 1.82) is 0 Å². The standard InChI is InChI=1S/C23H14ClN5O6S/c24-20-18-9-8-17(29(34)35)11-19(18)36-21(20)23(31)26-15-6-4-14(5-7-15)22(30)27-25-12-13-2-1-3-16(10-13)28(32)33/h1-12H,(H,26,31)(H,27,30)/b25-12-. The maximum atomic E-state index is 12.7. The highest BCUT2D eigenvalue weighted by atomic mass is 35.5. The van der Waals surface area contributed by atoms with Gasteiger partial charge < -0.3 is 5.32 Å². The van der Waals surface area contributed by atoms with Crippen molar-refractivity contribution in [2.45, 2.75) is 0 Å². The van der Waals surface area contributed by atoms with Crippen LogP contribution in [0.1, 0.15) is 25.6 Å². The number of nitrogens with zero attached hydrogens (tertiary/aromatic N) is 3. The van der Waals surface area contributed by atoms with Crippen molar-refractivity contribution < 1.29 is 19.4 Å². The highest BCUT2D eigenvalue weighted by molar-refractivity contribution is 7.21. The molecule has 0 saturated heterocycles. The summed E-state index contributed by atoms with van der Waals surface area (Å²) in [6.07, 6.45) is 1.28. The second kappa shape index (κ2) is 10.3. The highest BCUT2D eigenvalue weighted by Gasteiger charge is 2.19. The molecule has 0 radical (unpaired) electrons. The van der Waals surface area contributed by atoms with Gasteiger partial charge in [0.15, 0.2) is 0 Å². The number of nitro benzene ring substituents is 2. The first-order valence-electron chi connectivity index (χ1n) is 10.1. The lowest BCUT2D eigenvalue weighted by Gasteiger charge is -2.05. The van der Waals surface area contributed by atoms with Gasteiger partial charge in [0.05, 0.1) is 21.1 Å². The van der Waals surface area contributed by atoms with Crippen molar-refractivity contribution in [3.63, 3.8) is 0 Å². The third-order valence-corrected chi connectivity index (χ3v) is 6.55. The molecule has 0 aliphatic rings. The summed E-state index contributed by atoms with van der Waals surface area (Å²) < 4.78 is 0.511. The number of fused-ring (bicyclic) bond motifs is 1. The number of hydrogen-bond acceptors (Lipinski definition) is 8. The number of thiophene rings is 1. The van der Waals surface area contributed by atoms with Gasteiger partial charge in [-0.15, -0.1) is 11.3 Å². The molecule has 13 heteroatoms. The van der Waals surface area contributed by atoms with Gasteiger partial charge in [-0.1, -0.05) is 23.7 Å². The van der Waals surface area contributed by atoms with Crippen molar-refractivity contribution in [1.82, 2.24) is 5.43 Å². The Morgan fingerprint density at radius 3 is 2.31 bits per heavy atom. The van der Waals surface area contributed by atoms with Crippen LogP contribution in [0.15, 0.2) is 71.8 Å². The summed E-state index contributed by atoms with van der Waals surface area (Å²) in [4.78, 5) is 46.0. The van der Waals surface area contributed by atoms with E-state index in [-0.39, 0.29) is 26.8 Å². The fourth-order valence-electron chi connectivity index (χ4n) is 3.15. The van der Waals surface area contributed by atoms with Gasteiger partial charge in [-0.05, 0) is 30.3 Å². The highest BCUT2D eigenvalue weighted by Crippen LogP contribution is 2.37. The van der Waals surface area contributed by atoms with Crippen LogP contribution in [0.4, 0.5) is 17.1 Å². The Balaban J connectivity index is 1.41. The number of benzene rings is 3. The van der Waals surface area contributed by atoms with Crippen molar-refractivity contribution in [2.75, 3.05) is 5.32 Å². The average Bonchev–Trinajstić information content (AvgIpc) is 3.20. The smallest absolute Gasteiger partial charge is 0.271 e. The van der Waals surface area contributed by atoms with Crippen LogP contribution in [0, 0.1) is 20.2 Å². The molecule has 0 saturated carbocycles. The SMILES string of the molecule is O=C(N/N=C\c1cccc([N+](=O)[O-])c1)c1ccc(NC(=O)c2sc3cc([N+](=O)[O-])ccc3c2Cl)cc1. The zero-order valence-electron chi connectivity index (χ0n) is 18.0. The quantitative estimate of drug-likeness (QED) is 0.188. The second-order valence-electron chi connectivity index (χ2n) is 7.27. The van der Waals surface area contributed by atoms with Crippen molar-refractivity contribution in [3.05, 3.63) is 108 Å². The summed E-state index contributed by atoms with van der Waals surface area (Å²) in [6.45, 7) is 0. The number of nitro groups is 2. The number of carbonyl (C=O) groups is 2. The number of amides is 2. The second-order valence-corrected chi connectivity index (χ2v) is 8.70. The Labute approximate surface area is 211 Å². The lowest BCUT2D eigenvalue weighted by atomic mass is 10.2. The molecule has 3 aromatic carbocycles. The van der Waals surface area contributed by atoms with Crippen LogP contribution in [0.3, 0.4) is 0 Å². The molecule has 0 atom stereocenters. The third-order valence-electron chi connectivity index (χ3n) is 4.90. The minimum atomic E-state index is -0.531. The number of halogens is 1. The number of hydrazone groups is 1. The van der Waals surface area contributed by atoms with E-state index in [9.17, 15) is 29.8 Å². The van der Waals surface area contributed by atoms with Crippen molar-refractivity contribution >= 4 is 68.1 Å². The van der Waals surface area contributed by atoms with E-state index in [1.54, 1.807) is 6.07 Å². The molecule has 1 aromatic heterocycles. The van der Waals surface area contributed by atoms with E-state index in [1.807, 2.05) is 0 Å². The first kappa shape index (κ1) is 24.4. The van der Waals surface area contributed by atoms with Gasteiger partial charge >= 0.3 is 0 Å². The van der Waals surface area contributed by atoms with Crippen LogP contribution >= 0.6 is 22.9 Å². The molecule has 0 bridgehead atoms. The molecule has 0 aliphatic carbocycles. The van der Waals surface area contributed by atoms with Crippen LogP contribution in [0.25, 0.3) is 10.1 Å². The minimum Gasteiger partial charge on any atom is -0.321 e. The van der Waals surface area contributed by atoms with Gasteiger partial charge in [0.2, 0.25) is 0 Å². The predicted octanol–water partition coefficient (Wildman–Crippen LogP) is 5.39. The summed E-state index contributed by atoms with van der Waals surface area (Å²) in [5, 5.41) is 29.0. The maximum absolute atomic E-state index is 12.7. The van der Waals surface area contributed by atoms with Crippen molar-refractivity contribution in [3.8, 4) is 0 Å². The number of hydrogen-bond donors (Lipinski definition) is 2. The number of rotatable bonds is 7. The molecule has 1 heterocycles. The van der Waals surface area contributed by atoms with E-state index < -0.39 is 21.7 Å².